The van der Waals surface area contributed by atoms with Gasteiger partial charge in [-0.3, -0.25) is 9.59 Å². The van der Waals surface area contributed by atoms with E-state index in [0.29, 0.717) is 22.5 Å². The van der Waals surface area contributed by atoms with Gasteiger partial charge in [0.1, 0.15) is 5.00 Å². The number of hydrogen-bond donors (Lipinski definition) is 2. The number of nitrogens with one attached hydrogen (secondary N) is 2. The van der Waals surface area contributed by atoms with Crippen LogP contribution in [0, 0.1) is 6.92 Å². The molecular formula is C20H22N2O4S2. The molecule has 8 heteroatoms. The molecule has 0 saturated carbocycles. The highest BCUT2D eigenvalue weighted by Crippen LogP contribution is 2.39. The second-order valence-electron chi connectivity index (χ2n) is 7.40. The fourth-order valence-electron chi connectivity index (χ4n) is 3.90. The van der Waals surface area contributed by atoms with Crippen LogP contribution in [0.4, 0.5) is 5.00 Å². The molecule has 0 unspecified atom stereocenters. The van der Waals surface area contributed by atoms with E-state index in [1.165, 1.54) is 11.3 Å². The summed E-state index contributed by atoms with van der Waals surface area (Å²) < 4.78 is 23.4. The first-order chi connectivity index (χ1) is 13.3. The van der Waals surface area contributed by atoms with Gasteiger partial charge >= 0.3 is 0 Å². The second kappa shape index (κ2) is 7.33. The van der Waals surface area contributed by atoms with Gasteiger partial charge in [-0.15, -0.1) is 11.3 Å². The van der Waals surface area contributed by atoms with E-state index in [0.717, 1.165) is 35.3 Å². The highest BCUT2D eigenvalue weighted by molar-refractivity contribution is 7.91. The van der Waals surface area contributed by atoms with Crippen molar-refractivity contribution in [2.45, 2.75) is 38.6 Å². The van der Waals surface area contributed by atoms with E-state index in [9.17, 15) is 18.0 Å². The van der Waals surface area contributed by atoms with E-state index >= 15 is 0 Å². The minimum Gasteiger partial charge on any atom is -0.348 e. The summed E-state index contributed by atoms with van der Waals surface area (Å²) in [6.07, 6.45) is 3.13. The van der Waals surface area contributed by atoms with Crippen molar-refractivity contribution in [1.29, 1.82) is 0 Å². The largest absolute Gasteiger partial charge is 0.348 e. The third-order valence-corrected chi connectivity index (χ3v) is 8.31. The van der Waals surface area contributed by atoms with Gasteiger partial charge in [0.2, 0.25) is 0 Å². The third-order valence-electron chi connectivity index (χ3n) is 5.33. The Bertz CT molecular complexity index is 1060. The number of rotatable bonds is 4. The summed E-state index contributed by atoms with van der Waals surface area (Å²) in [5.74, 6) is -0.441. The number of sulfone groups is 1. The molecule has 4 rings (SSSR count). The van der Waals surface area contributed by atoms with Gasteiger partial charge in [-0.2, -0.15) is 0 Å². The minimum absolute atomic E-state index is 0.0179. The van der Waals surface area contributed by atoms with Gasteiger partial charge in [0.05, 0.1) is 17.1 Å². The van der Waals surface area contributed by atoms with Crippen LogP contribution in [0.25, 0.3) is 0 Å². The Labute approximate surface area is 168 Å². The molecule has 0 radical (unpaired) electrons. The molecule has 28 heavy (non-hydrogen) atoms. The number of aryl methyl sites for hydroxylation is 2. The number of carbonyl (C=O) groups excluding carboxylic acids is 2. The number of thiophene rings is 1. The maximum Gasteiger partial charge on any atom is 0.256 e. The molecule has 1 aliphatic carbocycles. The Morgan fingerprint density at radius 2 is 1.93 bits per heavy atom. The number of hydrogen-bond acceptors (Lipinski definition) is 5. The summed E-state index contributed by atoms with van der Waals surface area (Å²) in [6, 6.07) is 6.95. The molecule has 148 valence electrons. The molecule has 1 aromatic heterocycles. The predicted molar refractivity (Wildman–Crippen MR) is 110 cm³/mol. The molecular weight excluding hydrogens is 396 g/mol. The predicted octanol–water partition coefficient (Wildman–Crippen LogP) is 2.71. The summed E-state index contributed by atoms with van der Waals surface area (Å²) in [4.78, 5) is 26.9. The van der Waals surface area contributed by atoms with Crippen LogP contribution in [0.3, 0.4) is 0 Å². The van der Waals surface area contributed by atoms with Crippen LogP contribution < -0.4 is 10.6 Å². The molecule has 2 aliphatic rings. The van der Waals surface area contributed by atoms with Gasteiger partial charge in [-0.05, 0) is 49.8 Å². The highest BCUT2D eigenvalue weighted by Gasteiger charge is 2.32. The van der Waals surface area contributed by atoms with Crippen molar-refractivity contribution >= 4 is 38.0 Å². The SMILES string of the molecule is Cc1ccccc1C(=O)Nc1sc2c(c1C(=O)N[C@@H]1CCS(=O)(=O)C1)CCC2. The van der Waals surface area contributed by atoms with Gasteiger partial charge < -0.3 is 10.6 Å². The first-order valence-electron chi connectivity index (χ1n) is 9.37. The van der Waals surface area contributed by atoms with E-state index < -0.39 is 9.84 Å². The third kappa shape index (κ3) is 3.71. The molecule has 1 fully saturated rings. The Kier molecular flexibility index (Phi) is 5.01. The van der Waals surface area contributed by atoms with Crippen molar-refractivity contribution in [3.05, 3.63) is 51.4 Å². The van der Waals surface area contributed by atoms with Crippen LogP contribution in [0.15, 0.2) is 24.3 Å². The van der Waals surface area contributed by atoms with E-state index in [2.05, 4.69) is 10.6 Å². The van der Waals surface area contributed by atoms with Crippen LogP contribution in [0.5, 0.6) is 0 Å². The van der Waals surface area contributed by atoms with Crippen LogP contribution >= 0.6 is 11.3 Å². The Morgan fingerprint density at radius 3 is 2.64 bits per heavy atom. The molecule has 0 spiro atoms. The summed E-state index contributed by atoms with van der Waals surface area (Å²) >= 11 is 1.45. The standard InChI is InChI=1S/C20H22N2O4S2/c1-12-5-2-3-6-14(12)18(23)22-20-17(15-7-4-8-16(15)27-20)19(24)21-13-9-10-28(25,26)11-13/h2-3,5-6,13H,4,7-11H2,1H3,(H,21,24)(H,22,23)/t13-/m1/s1. The Hall–Kier alpha value is -2.19. The van der Waals surface area contributed by atoms with Crippen LogP contribution in [-0.2, 0) is 22.7 Å². The van der Waals surface area contributed by atoms with Crippen molar-refractivity contribution in [2.75, 3.05) is 16.8 Å². The number of amides is 2. The maximum absolute atomic E-state index is 13.0. The van der Waals surface area contributed by atoms with Crippen LogP contribution in [0.1, 0.15) is 49.6 Å². The molecule has 0 bridgehead atoms. The monoisotopic (exact) mass is 418 g/mol. The lowest BCUT2D eigenvalue weighted by atomic mass is 10.1. The minimum atomic E-state index is -3.07. The van der Waals surface area contributed by atoms with Crippen molar-refractivity contribution in [3.63, 3.8) is 0 Å². The number of benzene rings is 1. The summed E-state index contributed by atoms with van der Waals surface area (Å²) in [6.45, 7) is 1.87. The van der Waals surface area contributed by atoms with Crippen molar-refractivity contribution in [1.82, 2.24) is 5.32 Å². The van der Waals surface area contributed by atoms with Gasteiger partial charge in [0, 0.05) is 16.5 Å². The Balaban J connectivity index is 1.60. The van der Waals surface area contributed by atoms with Crippen molar-refractivity contribution < 1.29 is 18.0 Å². The summed E-state index contributed by atoms with van der Waals surface area (Å²) in [7, 11) is -3.07. The quantitative estimate of drug-likeness (QED) is 0.799. The zero-order chi connectivity index (χ0) is 19.9. The van der Waals surface area contributed by atoms with Gasteiger partial charge in [-0.1, -0.05) is 18.2 Å². The van der Waals surface area contributed by atoms with E-state index in [-0.39, 0.29) is 29.4 Å². The lowest BCUT2D eigenvalue weighted by Crippen LogP contribution is -2.36. The van der Waals surface area contributed by atoms with E-state index in [1.54, 1.807) is 6.07 Å². The molecule has 1 atom stereocenters. The molecule has 1 aromatic carbocycles. The van der Waals surface area contributed by atoms with Crippen molar-refractivity contribution in [3.8, 4) is 0 Å². The summed E-state index contributed by atoms with van der Waals surface area (Å²) in [5, 5.41) is 6.34. The maximum atomic E-state index is 13.0. The fraction of sp³-hybridized carbons (Fsp3) is 0.400. The van der Waals surface area contributed by atoms with Gasteiger partial charge in [-0.25, -0.2) is 8.42 Å². The topological polar surface area (TPSA) is 92.3 Å². The van der Waals surface area contributed by atoms with E-state index in [1.807, 2.05) is 25.1 Å². The first-order valence-corrected chi connectivity index (χ1v) is 12.0. The zero-order valence-corrected chi connectivity index (χ0v) is 17.2. The number of carbonyl (C=O) groups is 2. The van der Waals surface area contributed by atoms with Crippen molar-refractivity contribution in [2.24, 2.45) is 0 Å². The van der Waals surface area contributed by atoms with Crippen LogP contribution in [0.2, 0.25) is 0 Å². The highest BCUT2D eigenvalue weighted by atomic mass is 32.2. The number of fused-ring (bicyclic) bond motifs is 1. The van der Waals surface area contributed by atoms with Crippen LogP contribution in [-0.4, -0.2) is 37.8 Å². The molecule has 2 N–H and O–H groups in total. The fourth-order valence-corrected chi connectivity index (χ4v) is 6.85. The molecule has 1 saturated heterocycles. The first kappa shape index (κ1) is 19.1. The number of anilines is 1. The normalized spacial score (nSPS) is 20.0. The lowest BCUT2D eigenvalue weighted by Gasteiger charge is -2.13. The molecule has 2 amide bonds. The molecule has 2 aromatic rings. The molecule has 2 heterocycles. The van der Waals surface area contributed by atoms with Gasteiger partial charge in [0.25, 0.3) is 11.8 Å². The van der Waals surface area contributed by atoms with E-state index in [4.69, 9.17) is 0 Å². The Morgan fingerprint density at radius 1 is 1.14 bits per heavy atom. The smallest absolute Gasteiger partial charge is 0.256 e. The average Bonchev–Trinajstić information content (AvgIpc) is 3.29. The lowest BCUT2D eigenvalue weighted by molar-refractivity contribution is 0.0941. The second-order valence-corrected chi connectivity index (χ2v) is 10.7. The molecule has 1 aliphatic heterocycles. The van der Waals surface area contributed by atoms with Gasteiger partial charge in [0.15, 0.2) is 9.84 Å². The average molecular weight is 419 g/mol. The zero-order valence-electron chi connectivity index (χ0n) is 15.6. The molecule has 6 nitrogen and oxygen atoms in total. The summed E-state index contributed by atoms with van der Waals surface area (Å²) in [5.41, 5.74) is 2.93.